The summed E-state index contributed by atoms with van der Waals surface area (Å²) >= 11 is 0. The topological polar surface area (TPSA) is 21.1 Å². The van der Waals surface area contributed by atoms with Crippen LogP contribution in [-0.2, 0) is 12.6 Å². The normalized spacial score (nSPS) is 18.5. The van der Waals surface area contributed by atoms with Gasteiger partial charge < -0.3 is 0 Å². The molecule has 0 bridgehead atoms. The van der Waals surface area contributed by atoms with Gasteiger partial charge in [0, 0.05) is 6.20 Å². The fourth-order valence-electron chi connectivity index (χ4n) is 1.88. The van der Waals surface area contributed by atoms with E-state index in [2.05, 4.69) is 5.10 Å². The van der Waals surface area contributed by atoms with Gasteiger partial charge in [-0.25, -0.2) is 0 Å². The zero-order chi connectivity index (χ0) is 13.4. The molecular formula is C10H12F5N3. The predicted octanol–water partition coefficient (Wildman–Crippen LogP) is 2.59. The molecule has 8 heteroatoms. The van der Waals surface area contributed by atoms with Crippen molar-refractivity contribution < 1.29 is 22.0 Å². The second-order valence-corrected chi connectivity index (χ2v) is 4.28. The molecule has 0 aromatic carbocycles. The van der Waals surface area contributed by atoms with Gasteiger partial charge in [0.05, 0.1) is 6.67 Å². The summed E-state index contributed by atoms with van der Waals surface area (Å²) in [5.74, 6) is -4.90. The zero-order valence-electron chi connectivity index (χ0n) is 9.42. The molecule has 2 rings (SSSR count). The molecule has 3 nitrogen and oxygen atoms in total. The summed E-state index contributed by atoms with van der Waals surface area (Å²) in [7, 11) is 0. The minimum atomic E-state index is -5.61. The van der Waals surface area contributed by atoms with E-state index in [0.717, 1.165) is 36.8 Å². The van der Waals surface area contributed by atoms with Crippen molar-refractivity contribution in [3.63, 3.8) is 0 Å². The third kappa shape index (κ3) is 2.47. The number of nitrogens with zero attached hydrogens (tertiary/aromatic N) is 3. The zero-order valence-corrected chi connectivity index (χ0v) is 9.42. The lowest BCUT2D eigenvalue weighted by Gasteiger charge is -2.17. The Morgan fingerprint density at radius 1 is 1.11 bits per heavy atom. The van der Waals surface area contributed by atoms with E-state index < -0.39 is 17.8 Å². The van der Waals surface area contributed by atoms with Crippen molar-refractivity contribution in [1.82, 2.24) is 14.7 Å². The van der Waals surface area contributed by atoms with Crippen LogP contribution in [0, 0.1) is 0 Å². The summed E-state index contributed by atoms with van der Waals surface area (Å²) in [6, 6.07) is 0.712. The van der Waals surface area contributed by atoms with Gasteiger partial charge in [-0.05, 0) is 32.0 Å². The molecule has 2 heterocycles. The maximum Gasteiger partial charge on any atom is 0.459 e. The molecule has 1 fully saturated rings. The van der Waals surface area contributed by atoms with Gasteiger partial charge in [0.2, 0.25) is 0 Å². The van der Waals surface area contributed by atoms with E-state index in [4.69, 9.17) is 0 Å². The summed E-state index contributed by atoms with van der Waals surface area (Å²) in [5, 5.41) is 3.32. The molecule has 0 unspecified atom stereocenters. The van der Waals surface area contributed by atoms with Crippen LogP contribution in [0.25, 0.3) is 0 Å². The van der Waals surface area contributed by atoms with Gasteiger partial charge in [0.1, 0.15) is 5.69 Å². The standard InChI is InChI=1S/C10H12F5N3/c11-9(12,10(13,14)15)8-3-6-18(16-8)7-17-4-1-2-5-17/h3,6H,1-2,4-5,7H2. The second-order valence-electron chi connectivity index (χ2n) is 4.28. The van der Waals surface area contributed by atoms with Gasteiger partial charge in [-0.15, -0.1) is 0 Å². The van der Waals surface area contributed by atoms with Gasteiger partial charge in [0.15, 0.2) is 0 Å². The Hall–Kier alpha value is -1.18. The van der Waals surface area contributed by atoms with Crippen LogP contribution in [0.15, 0.2) is 12.3 Å². The predicted molar refractivity (Wildman–Crippen MR) is 53.0 cm³/mol. The van der Waals surface area contributed by atoms with Crippen molar-refractivity contribution in [1.29, 1.82) is 0 Å². The molecule has 0 N–H and O–H groups in total. The molecule has 1 aromatic heterocycles. The summed E-state index contributed by atoms with van der Waals surface area (Å²) in [4.78, 5) is 1.95. The molecule has 1 aliphatic heterocycles. The summed E-state index contributed by atoms with van der Waals surface area (Å²) < 4.78 is 63.4. The van der Waals surface area contributed by atoms with Gasteiger partial charge in [0.25, 0.3) is 0 Å². The highest BCUT2D eigenvalue weighted by molar-refractivity contribution is 5.09. The lowest BCUT2D eigenvalue weighted by molar-refractivity contribution is -0.291. The quantitative estimate of drug-likeness (QED) is 0.786. The van der Waals surface area contributed by atoms with Crippen LogP contribution in [0.1, 0.15) is 18.5 Å². The molecule has 0 saturated carbocycles. The number of hydrogen-bond donors (Lipinski definition) is 0. The van der Waals surface area contributed by atoms with E-state index in [1.54, 1.807) is 0 Å². The molecule has 0 radical (unpaired) electrons. The van der Waals surface area contributed by atoms with Crippen molar-refractivity contribution in [3.8, 4) is 0 Å². The first-order chi connectivity index (χ1) is 8.30. The Balaban J connectivity index is 2.10. The molecule has 102 valence electrons. The number of rotatable bonds is 3. The van der Waals surface area contributed by atoms with Crippen molar-refractivity contribution >= 4 is 0 Å². The molecule has 0 aliphatic carbocycles. The maximum absolute atomic E-state index is 13.0. The van der Waals surface area contributed by atoms with E-state index in [1.807, 2.05) is 4.90 Å². The molecule has 1 saturated heterocycles. The highest BCUT2D eigenvalue weighted by Crippen LogP contribution is 2.42. The molecule has 1 aliphatic rings. The SMILES string of the molecule is FC(F)(F)C(F)(F)c1ccn(CN2CCCC2)n1. The first-order valence-corrected chi connectivity index (χ1v) is 5.51. The molecule has 0 amide bonds. The van der Waals surface area contributed by atoms with Crippen LogP contribution in [0.5, 0.6) is 0 Å². The number of hydrogen-bond acceptors (Lipinski definition) is 2. The number of halogens is 5. The largest absolute Gasteiger partial charge is 0.459 e. The summed E-state index contributed by atoms with van der Waals surface area (Å²) in [5.41, 5.74) is -1.26. The van der Waals surface area contributed by atoms with Crippen LogP contribution in [-0.4, -0.2) is 33.9 Å². The molecule has 0 spiro atoms. The first kappa shape index (κ1) is 13.3. The molecule has 0 atom stereocenters. The Labute approximate surface area is 100 Å². The number of likely N-dealkylation sites (tertiary alicyclic amines) is 1. The third-order valence-electron chi connectivity index (χ3n) is 2.86. The van der Waals surface area contributed by atoms with Gasteiger partial charge >= 0.3 is 12.1 Å². The van der Waals surface area contributed by atoms with E-state index in [1.165, 1.54) is 0 Å². The van der Waals surface area contributed by atoms with E-state index in [0.29, 0.717) is 6.07 Å². The summed E-state index contributed by atoms with van der Waals surface area (Å²) in [6.45, 7) is 1.86. The lowest BCUT2D eigenvalue weighted by atomic mass is 10.2. The van der Waals surface area contributed by atoms with Crippen LogP contribution in [0.4, 0.5) is 22.0 Å². The summed E-state index contributed by atoms with van der Waals surface area (Å²) in [6.07, 6.45) is -2.45. The van der Waals surface area contributed by atoms with Crippen LogP contribution < -0.4 is 0 Å². The van der Waals surface area contributed by atoms with Crippen molar-refractivity contribution in [2.45, 2.75) is 31.6 Å². The highest BCUT2D eigenvalue weighted by Gasteiger charge is 2.60. The monoisotopic (exact) mass is 269 g/mol. The van der Waals surface area contributed by atoms with Crippen LogP contribution in [0.2, 0.25) is 0 Å². The Bertz CT molecular complexity index is 406. The van der Waals surface area contributed by atoms with Gasteiger partial charge in [-0.3, -0.25) is 9.58 Å². The Kier molecular flexibility index (Phi) is 3.31. The van der Waals surface area contributed by atoms with Crippen molar-refractivity contribution in [2.24, 2.45) is 0 Å². The third-order valence-corrected chi connectivity index (χ3v) is 2.86. The minimum absolute atomic E-state index is 0.244. The lowest BCUT2D eigenvalue weighted by Crippen LogP contribution is -2.34. The molecule has 18 heavy (non-hydrogen) atoms. The highest BCUT2D eigenvalue weighted by atomic mass is 19.4. The van der Waals surface area contributed by atoms with E-state index >= 15 is 0 Å². The molecular weight excluding hydrogens is 257 g/mol. The van der Waals surface area contributed by atoms with Crippen molar-refractivity contribution in [2.75, 3.05) is 13.1 Å². The Morgan fingerprint density at radius 2 is 1.72 bits per heavy atom. The van der Waals surface area contributed by atoms with E-state index in [-0.39, 0.29) is 6.67 Å². The molecule has 1 aromatic rings. The fourth-order valence-corrected chi connectivity index (χ4v) is 1.88. The van der Waals surface area contributed by atoms with Crippen LogP contribution >= 0.6 is 0 Å². The second kappa shape index (κ2) is 4.49. The average molecular weight is 269 g/mol. The van der Waals surface area contributed by atoms with Crippen molar-refractivity contribution in [3.05, 3.63) is 18.0 Å². The van der Waals surface area contributed by atoms with Gasteiger partial charge in [-0.1, -0.05) is 0 Å². The Morgan fingerprint density at radius 3 is 2.28 bits per heavy atom. The smallest absolute Gasteiger partial charge is 0.284 e. The maximum atomic E-state index is 13.0. The van der Waals surface area contributed by atoms with Crippen LogP contribution in [0.3, 0.4) is 0 Å². The van der Waals surface area contributed by atoms with E-state index in [9.17, 15) is 22.0 Å². The fraction of sp³-hybridized carbons (Fsp3) is 0.700. The number of alkyl halides is 5. The average Bonchev–Trinajstić information content (AvgIpc) is 2.87. The minimum Gasteiger partial charge on any atom is -0.284 e. The van der Waals surface area contributed by atoms with Gasteiger partial charge in [-0.2, -0.15) is 27.1 Å². The number of aromatic nitrogens is 2. The first-order valence-electron chi connectivity index (χ1n) is 5.51.